The Bertz CT molecular complexity index is 1080. The molecule has 2 aliphatic rings. The maximum atomic E-state index is 13.0. The predicted octanol–water partition coefficient (Wildman–Crippen LogP) is 4.96. The van der Waals surface area contributed by atoms with Gasteiger partial charge in [-0.25, -0.2) is 8.42 Å². The van der Waals surface area contributed by atoms with Crippen LogP contribution in [0.2, 0.25) is 0 Å². The molecule has 0 unspecified atom stereocenters. The maximum absolute atomic E-state index is 13.0. The van der Waals surface area contributed by atoms with Crippen LogP contribution in [0.1, 0.15) is 61.8 Å². The second-order valence-electron chi connectivity index (χ2n) is 9.06. The first-order chi connectivity index (χ1) is 15.9. The zero-order chi connectivity index (χ0) is 23.4. The molecule has 0 bridgehead atoms. The summed E-state index contributed by atoms with van der Waals surface area (Å²) in [6.45, 7) is 2.85. The Balaban J connectivity index is 1.36. The van der Waals surface area contributed by atoms with Gasteiger partial charge in [0.25, 0.3) is 0 Å². The van der Waals surface area contributed by atoms with Gasteiger partial charge in [0, 0.05) is 23.9 Å². The molecule has 1 amide bonds. The van der Waals surface area contributed by atoms with Crippen LogP contribution in [0, 0.1) is 5.92 Å². The molecule has 5 nitrogen and oxygen atoms in total. The first kappa shape index (κ1) is 24.3. The van der Waals surface area contributed by atoms with E-state index in [0.717, 1.165) is 24.2 Å². The molecule has 7 heteroatoms. The van der Waals surface area contributed by atoms with Gasteiger partial charge < -0.3 is 5.32 Å². The fraction of sp³-hybridized carbons (Fsp3) is 0.500. The molecule has 1 atom stereocenters. The molecule has 1 aliphatic heterocycles. The largest absolute Gasteiger partial charge is 0.349 e. The highest BCUT2D eigenvalue weighted by Crippen LogP contribution is 2.28. The lowest BCUT2D eigenvalue weighted by molar-refractivity contribution is -0.126. The van der Waals surface area contributed by atoms with Gasteiger partial charge in [-0.3, -0.25) is 4.79 Å². The molecule has 1 saturated heterocycles. The number of hydrogen-bond acceptors (Lipinski definition) is 4. The smallest absolute Gasteiger partial charge is 0.243 e. The van der Waals surface area contributed by atoms with Crippen LogP contribution in [-0.2, 0) is 27.7 Å². The summed E-state index contributed by atoms with van der Waals surface area (Å²) in [4.78, 5) is 14.4. The highest BCUT2D eigenvalue weighted by atomic mass is 32.2. The molecule has 178 valence electrons. The van der Waals surface area contributed by atoms with Crippen LogP contribution in [0.15, 0.2) is 52.3 Å². The quantitative estimate of drug-likeness (QED) is 0.562. The fourth-order valence-corrected chi connectivity index (χ4v) is 6.81. The molecule has 0 radical (unpaired) electrons. The van der Waals surface area contributed by atoms with Crippen LogP contribution in [-0.4, -0.2) is 38.0 Å². The van der Waals surface area contributed by atoms with Gasteiger partial charge >= 0.3 is 0 Å². The van der Waals surface area contributed by atoms with Gasteiger partial charge in [-0.15, -0.1) is 11.8 Å². The van der Waals surface area contributed by atoms with Crippen LogP contribution < -0.4 is 5.32 Å². The number of carbonyl (C=O) groups excluding carboxylic acids is 1. The van der Waals surface area contributed by atoms with E-state index in [1.165, 1.54) is 33.8 Å². The normalized spacial score (nSPS) is 18.5. The van der Waals surface area contributed by atoms with E-state index in [2.05, 4.69) is 30.4 Å². The number of aryl methyl sites for hydroxylation is 2. The van der Waals surface area contributed by atoms with E-state index in [9.17, 15) is 13.2 Å². The zero-order valence-electron chi connectivity index (χ0n) is 19.5. The minimum Gasteiger partial charge on any atom is -0.349 e. The van der Waals surface area contributed by atoms with Crippen molar-refractivity contribution in [3.63, 3.8) is 0 Å². The number of carbonyl (C=O) groups is 1. The van der Waals surface area contributed by atoms with Crippen LogP contribution in [0.4, 0.5) is 0 Å². The summed E-state index contributed by atoms with van der Waals surface area (Å²) in [5.41, 5.74) is 4.05. The molecule has 2 aromatic carbocycles. The van der Waals surface area contributed by atoms with Gasteiger partial charge in [-0.05, 0) is 92.2 Å². The van der Waals surface area contributed by atoms with Gasteiger partial charge in [-0.2, -0.15) is 4.31 Å². The number of piperidine rings is 1. The minimum absolute atomic E-state index is 0.00133. The Morgan fingerprint density at radius 3 is 2.36 bits per heavy atom. The number of nitrogens with zero attached hydrogens (tertiary/aromatic N) is 1. The molecular formula is C26H34N2O3S2. The fourth-order valence-electron chi connectivity index (χ4n) is 4.94. The molecule has 1 aliphatic carbocycles. The summed E-state index contributed by atoms with van der Waals surface area (Å²) in [6, 6.07) is 13.7. The Morgan fingerprint density at radius 2 is 1.73 bits per heavy atom. The van der Waals surface area contributed by atoms with Crippen LogP contribution in [0.5, 0.6) is 0 Å². The summed E-state index contributed by atoms with van der Waals surface area (Å²) in [6.07, 6.45) is 8.68. The van der Waals surface area contributed by atoms with Crippen molar-refractivity contribution in [1.29, 1.82) is 0 Å². The first-order valence-corrected chi connectivity index (χ1v) is 14.6. The second kappa shape index (κ2) is 10.6. The van der Waals surface area contributed by atoms with Gasteiger partial charge in [0.2, 0.25) is 15.9 Å². The van der Waals surface area contributed by atoms with Crippen molar-refractivity contribution in [3.05, 3.63) is 59.2 Å². The van der Waals surface area contributed by atoms with E-state index in [4.69, 9.17) is 0 Å². The van der Waals surface area contributed by atoms with Crippen molar-refractivity contribution in [2.45, 2.75) is 67.7 Å². The number of sulfonamides is 1. The van der Waals surface area contributed by atoms with E-state index in [1.807, 2.05) is 18.4 Å². The van der Waals surface area contributed by atoms with Crippen molar-refractivity contribution in [2.75, 3.05) is 19.3 Å². The average Bonchev–Trinajstić information content (AvgIpc) is 2.87. The molecule has 1 N–H and O–H groups in total. The van der Waals surface area contributed by atoms with Crippen LogP contribution >= 0.6 is 11.8 Å². The molecular weight excluding hydrogens is 452 g/mol. The molecule has 4 rings (SSSR count). The highest BCUT2D eigenvalue weighted by molar-refractivity contribution is 7.98. The van der Waals surface area contributed by atoms with Crippen molar-refractivity contribution in [3.8, 4) is 0 Å². The zero-order valence-corrected chi connectivity index (χ0v) is 21.2. The lowest BCUT2D eigenvalue weighted by atomic mass is 9.88. The van der Waals surface area contributed by atoms with E-state index in [0.29, 0.717) is 30.8 Å². The number of fused-ring (bicyclic) bond motifs is 1. The maximum Gasteiger partial charge on any atom is 0.243 e. The molecule has 2 aromatic rings. The molecule has 1 fully saturated rings. The number of amides is 1. The monoisotopic (exact) mass is 486 g/mol. The SMILES string of the molecule is CC[C@H](NC(=O)C1CCN(S(=O)(=O)c2ccc(SC)cc2)CC1)c1ccc2c(c1)CCCC2. The van der Waals surface area contributed by atoms with Gasteiger partial charge in [0.1, 0.15) is 0 Å². The third-order valence-electron chi connectivity index (χ3n) is 7.02. The average molecular weight is 487 g/mol. The van der Waals surface area contributed by atoms with Gasteiger partial charge in [0.15, 0.2) is 0 Å². The Hall–Kier alpha value is -1.83. The summed E-state index contributed by atoms with van der Waals surface area (Å²) < 4.78 is 27.5. The number of rotatable bonds is 7. The lowest BCUT2D eigenvalue weighted by Crippen LogP contribution is -2.43. The van der Waals surface area contributed by atoms with E-state index < -0.39 is 10.0 Å². The molecule has 1 heterocycles. The van der Waals surface area contributed by atoms with Crippen molar-refractivity contribution >= 4 is 27.7 Å². The van der Waals surface area contributed by atoms with E-state index >= 15 is 0 Å². The third kappa shape index (κ3) is 5.47. The number of benzene rings is 2. The van der Waals surface area contributed by atoms with E-state index in [-0.39, 0.29) is 17.9 Å². The summed E-state index contributed by atoms with van der Waals surface area (Å²) >= 11 is 1.59. The summed E-state index contributed by atoms with van der Waals surface area (Å²) in [5, 5.41) is 3.25. The predicted molar refractivity (Wildman–Crippen MR) is 134 cm³/mol. The summed E-state index contributed by atoms with van der Waals surface area (Å²) in [5.74, 6) is -0.108. The van der Waals surface area contributed by atoms with Crippen molar-refractivity contribution in [1.82, 2.24) is 9.62 Å². The van der Waals surface area contributed by atoms with Crippen molar-refractivity contribution in [2.24, 2.45) is 5.92 Å². The number of nitrogens with one attached hydrogen (secondary N) is 1. The molecule has 0 spiro atoms. The molecule has 0 aromatic heterocycles. The summed E-state index contributed by atoms with van der Waals surface area (Å²) in [7, 11) is -3.52. The minimum atomic E-state index is -3.52. The topological polar surface area (TPSA) is 66.5 Å². The van der Waals surface area contributed by atoms with Gasteiger partial charge in [0.05, 0.1) is 10.9 Å². The lowest BCUT2D eigenvalue weighted by Gasteiger charge is -2.31. The van der Waals surface area contributed by atoms with E-state index in [1.54, 1.807) is 23.9 Å². The Kier molecular flexibility index (Phi) is 7.82. The van der Waals surface area contributed by atoms with Gasteiger partial charge in [-0.1, -0.05) is 25.1 Å². The molecule has 33 heavy (non-hydrogen) atoms. The van der Waals surface area contributed by atoms with Crippen LogP contribution in [0.25, 0.3) is 0 Å². The van der Waals surface area contributed by atoms with Crippen LogP contribution in [0.3, 0.4) is 0 Å². The number of hydrogen-bond donors (Lipinski definition) is 1. The Labute approximate surface area is 202 Å². The first-order valence-electron chi connectivity index (χ1n) is 12.0. The number of thioether (sulfide) groups is 1. The standard InChI is InChI=1S/C26H34N2O3S2/c1-3-25(22-9-8-19-6-4-5-7-21(19)18-22)27-26(29)20-14-16-28(17-15-20)33(30,31)24-12-10-23(32-2)11-13-24/h8-13,18,20,25H,3-7,14-17H2,1-2H3,(H,27,29)/t25-/m0/s1. The Morgan fingerprint density at radius 1 is 1.06 bits per heavy atom. The van der Waals surface area contributed by atoms with Crippen molar-refractivity contribution < 1.29 is 13.2 Å². The molecule has 0 saturated carbocycles. The second-order valence-corrected chi connectivity index (χ2v) is 11.9. The third-order valence-corrected chi connectivity index (χ3v) is 9.68. The highest BCUT2D eigenvalue weighted by Gasteiger charge is 2.32.